The summed E-state index contributed by atoms with van der Waals surface area (Å²) < 4.78 is 18.5. The highest BCUT2D eigenvalue weighted by Gasteiger charge is 2.20. The van der Waals surface area contributed by atoms with Crippen molar-refractivity contribution in [3.05, 3.63) is 52.1 Å². The quantitative estimate of drug-likeness (QED) is 0.668. The summed E-state index contributed by atoms with van der Waals surface area (Å²) in [6.45, 7) is -0.250. The second-order valence-electron chi connectivity index (χ2n) is 3.48. The van der Waals surface area contributed by atoms with E-state index in [0.29, 0.717) is 5.56 Å². The van der Waals surface area contributed by atoms with Crippen LogP contribution in [0.3, 0.4) is 0 Å². The van der Waals surface area contributed by atoms with Crippen molar-refractivity contribution in [2.45, 2.75) is 6.61 Å². The molecule has 0 saturated carbocycles. The van der Waals surface area contributed by atoms with Crippen molar-refractivity contribution in [1.29, 1.82) is 0 Å². The largest absolute Gasteiger partial charge is 0.414 e. The van der Waals surface area contributed by atoms with E-state index in [-0.39, 0.29) is 12.6 Å². The molecule has 98 valence electrons. The molecule has 8 heteroatoms. The molecular weight excluding hydrogens is 257 g/mol. The average molecular weight is 265 g/mol. The molecule has 1 aromatic heterocycles. The van der Waals surface area contributed by atoms with Gasteiger partial charge in [0.1, 0.15) is 0 Å². The number of rotatable bonds is 4. The molecule has 1 aromatic carbocycles. The lowest BCUT2D eigenvalue weighted by atomic mass is 10.3. The van der Waals surface area contributed by atoms with Gasteiger partial charge in [0.25, 0.3) is 0 Å². The molecule has 0 saturated heterocycles. The van der Waals surface area contributed by atoms with Crippen LogP contribution >= 0.6 is 0 Å². The van der Waals surface area contributed by atoms with Gasteiger partial charge in [-0.05, 0) is 6.07 Å². The Bertz CT molecular complexity index is 603. The van der Waals surface area contributed by atoms with E-state index in [0.717, 1.165) is 12.1 Å². The number of nitrogens with zero attached hydrogens (tertiary/aromatic N) is 3. The van der Waals surface area contributed by atoms with Crippen LogP contribution in [0, 0.1) is 15.9 Å². The topological polar surface area (TPSA) is 98.4 Å². The Kier molecular flexibility index (Phi) is 3.62. The number of benzene rings is 1. The SMILES string of the molecule is O=[N+]([O-])c1cccc(F)c1Oc1ncc(CO)cn1. The van der Waals surface area contributed by atoms with Crippen LogP contribution in [0.15, 0.2) is 30.6 Å². The maximum Gasteiger partial charge on any atom is 0.322 e. The fourth-order valence-electron chi connectivity index (χ4n) is 1.31. The van der Waals surface area contributed by atoms with Gasteiger partial charge in [0.05, 0.1) is 11.5 Å². The molecule has 0 aliphatic heterocycles. The van der Waals surface area contributed by atoms with Crippen molar-refractivity contribution >= 4 is 5.69 Å². The van der Waals surface area contributed by atoms with Crippen molar-refractivity contribution < 1.29 is 19.2 Å². The van der Waals surface area contributed by atoms with E-state index in [2.05, 4.69) is 9.97 Å². The molecule has 0 spiro atoms. The zero-order valence-corrected chi connectivity index (χ0v) is 9.49. The van der Waals surface area contributed by atoms with E-state index < -0.39 is 22.2 Å². The smallest absolute Gasteiger partial charge is 0.322 e. The number of halogens is 1. The Balaban J connectivity index is 2.34. The van der Waals surface area contributed by atoms with Gasteiger partial charge in [-0.2, -0.15) is 0 Å². The summed E-state index contributed by atoms with van der Waals surface area (Å²) in [6.07, 6.45) is 2.55. The Morgan fingerprint density at radius 2 is 2.05 bits per heavy atom. The zero-order chi connectivity index (χ0) is 13.8. The van der Waals surface area contributed by atoms with Gasteiger partial charge in [0.15, 0.2) is 5.82 Å². The number of ether oxygens (including phenoxy) is 1. The molecule has 0 atom stereocenters. The monoisotopic (exact) mass is 265 g/mol. The van der Waals surface area contributed by atoms with Crippen molar-refractivity contribution in [1.82, 2.24) is 9.97 Å². The normalized spacial score (nSPS) is 10.2. The van der Waals surface area contributed by atoms with Crippen molar-refractivity contribution in [3.8, 4) is 11.8 Å². The molecule has 0 amide bonds. The highest BCUT2D eigenvalue weighted by molar-refractivity contribution is 5.48. The first kappa shape index (κ1) is 12.8. The minimum absolute atomic E-state index is 0.245. The fourth-order valence-corrected chi connectivity index (χ4v) is 1.31. The van der Waals surface area contributed by atoms with Crippen molar-refractivity contribution in [2.24, 2.45) is 0 Å². The summed E-state index contributed by atoms with van der Waals surface area (Å²) in [5.74, 6) is -1.44. The Morgan fingerprint density at radius 1 is 1.37 bits per heavy atom. The summed E-state index contributed by atoms with van der Waals surface area (Å²) >= 11 is 0. The number of nitro groups is 1. The lowest BCUT2D eigenvalue weighted by molar-refractivity contribution is -0.385. The maximum absolute atomic E-state index is 13.5. The molecule has 0 unspecified atom stereocenters. The number of aliphatic hydroxyl groups excluding tert-OH is 1. The van der Waals surface area contributed by atoms with E-state index in [9.17, 15) is 14.5 Å². The first-order valence-corrected chi connectivity index (χ1v) is 5.14. The summed E-state index contributed by atoms with van der Waals surface area (Å²) in [4.78, 5) is 17.4. The Labute approximate surface area is 106 Å². The van der Waals surface area contributed by atoms with Gasteiger partial charge in [-0.3, -0.25) is 10.1 Å². The average Bonchev–Trinajstić information content (AvgIpc) is 2.41. The van der Waals surface area contributed by atoms with E-state index in [1.54, 1.807) is 0 Å². The minimum Gasteiger partial charge on any atom is -0.414 e. The molecular formula is C11H8FN3O4. The lowest BCUT2D eigenvalue weighted by Gasteiger charge is -2.05. The molecule has 7 nitrogen and oxygen atoms in total. The molecule has 0 aliphatic rings. The number of aliphatic hydroxyl groups is 1. The predicted molar refractivity (Wildman–Crippen MR) is 61.1 cm³/mol. The van der Waals surface area contributed by atoms with Crippen LogP contribution in [-0.2, 0) is 6.61 Å². The lowest BCUT2D eigenvalue weighted by Crippen LogP contribution is -1.99. The molecule has 19 heavy (non-hydrogen) atoms. The fraction of sp³-hybridized carbons (Fsp3) is 0.0909. The molecule has 0 aliphatic carbocycles. The van der Waals surface area contributed by atoms with E-state index >= 15 is 0 Å². The highest BCUT2D eigenvalue weighted by atomic mass is 19.1. The standard InChI is InChI=1S/C11H8FN3O4/c12-8-2-1-3-9(15(17)18)10(8)19-11-13-4-7(6-16)5-14-11/h1-5,16H,6H2. The summed E-state index contributed by atoms with van der Waals surface area (Å²) in [6, 6.07) is 3.10. The Morgan fingerprint density at radius 3 is 2.63 bits per heavy atom. The third-order valence-corrected chi connectivity index (χ3v) is 2.20. The highest BCUT2D eigenvalue weighted by Crippen LogP contribution is 2.32. The van der Waals surface area contributed by atoms with Gasteiger partial charge in [-0.1, -0.05) is 6.07 Å². The predicted octanol–water partition coefficient (Wildman–Crippen LogP) is 1.81. The van der Waals surface area contributed by atoms with Gasteiger partial charge in [0.2, 0.25) is 5.75 Å². The second kappa shape index (κ2) is 5.36. The van der Waals surface area contributed by atoms with E-state index in [1.807, 2.05) is 0 Å². The minimum atomic E-state index is -0.885. The third-order valence-electron chi connectivity index (χ3n) is 2.20. The van der Waals surface area contributed by atoms with Crippen LogP contribution in [0.25, 0.3) is 0 Å². The van der Waals surface area contributed by atoms with Crippen LogP contribution in [-0.4, -0.2) is 20.0 Å². The third kappa shape index (κ3) is 2.80. The van der Waals surface area contributed by atoms with Gasteiger partial charge >= 0.3 is 11.7 Å². The zero-order valence-electron chi connectivity index (χ0n) is 9.49. The van der Waals surface area contributed by atoms with E-state index in [4.69, 9.17) is 9.84 Å². The first-order chi connectivity index (χ1) is 9.11. The number of hydrogen-bond donors (Lipinski definition) is 1. The van der Waals surface area contributed by atoms with Crippen LogP contribution in [0.1, 0.15) is 5.56 Å². The van der Waals surface area contributed by atoms with E-state index in [1.165, 1.54) is 18.5 Å². The van der Waals surface area contributed by atoms with Gasteiger partial charge in [-0.15, -0.1) is 0 Å². The summed E-state index contributed by atoms with van der Waals surface area (Å²) in [5, 5.41) is 19.6. The van der Waals surface area contributed by atoms with Crippen molar-refractivity contribution in [3.63, 3.8) is 0 Å². The van der Waals surface area contributed by atoms with Crippen molar-refractivity contribution in [2.75, 3.05) is 0 Å². The van der Waals surface area contributed by atoms with Crippen LogP contribution < -0.4 is 4.74 Å². The molecule has 2 rings (SSSR count). The molecule has 2 aromatic rings. The van der Waals surface area contributed by atoms with Crippen LogP contribution in [0.5, 0.6) is 11.8 Å². The Hall–Kier alpha value is -2.61. The van der Waals surface area contributed by atoms with Crippen LogP contribution in [0.2, 0.25) is 0 Å². The van der Waals surface area contributed by atoms with Crippen LogP contribution in [0.4, 0.5) is 10.1 Å². The van der Waals surface area contributed by atoms with Gasteiger partial charge in [0, 0.05) is 24.0 Å². The molecule has 0 bridgehead atoms. The summed E-state index contributed by atoms with van der Waals surface area (Å²) in [5.41, 5.74) is -0.0785. The molecule has 0 fully saturated rings. The first-order valence-electron chi connectivity index (χ1n) is 5.14. The number of nitro benzene ring substituents is 1. The van der Waals surface area contributed by atoms with Gasteiger partial charge < -0.3 is 9.84 Å². The molecule has 1 N–H and O–H groups in total. The molecule has 1 heterocycles. The second-order valence-corrected chi connectivity index (χ2v) is 3.48. The number of aromatic nitrogens is 2. The number of para-hydroxylation sites is 1. The maximum atomic E-state index is 13.5. The summed E-state index contributed by atoms with van der Waals surface area (Å²) in [7, 11) is 0. The van der Waals surface area contributed by atoms with Gasteiger partial charge in [-0.25, -0.2) is 14.4 Å². The number of hydrogen-bond acceptors (Lipinski definition) is 6. The molecule has 0 radical (unpaired) electrons.